The number of aromatic nitrogens is 2. The summed E-state index contributed by atoms with van der Waals surface area (Å²) >= 11 is 0. The van der Waals surface area contributed by atoms with Gasteiger partial charge < -0.3 is 39.6 Å². The number of anilines is 1. The number of halogens is 1. The van der Waals surface area contributed by atoms with Gasteiger partial charge in [0, 0.05) is 63.9 Å². The van der Waals surface area contributed by atoms with E-state index in [2.05, 4.69) is 10.6 Å². The molecule has 0 spiro atoms. The Kier molecular flexibility index (Phi) is 9.47. The van der Waals surface area contributed by atoms with Gasteiger partial charge in [0.25, 0.3) is 11.5 Å². The van der Waals surface area contributed by atoms with Gasteiger partial charge in [-0.3, -0.25) is 9.59 Å². The summed E-state index contributed by atoms with van der Waals surface area (Å²) in [6.07, 6.45) is 1.36. The number of benzene rings is 4. The number of hydrogen-bond acceptors (Lipinski definition) is 10. The molecule has 13 heteroatoms. The highest BCUT2D eigenvalue weighted by molar-refractivity contribution is 6.02. The Morgan fingerprint density at radius 3 is 2.61 bits per heavy atom. The Morgan fingerprint density at radius 2 is 1.81 bits per heavy atom. The lowest BCUT2D eigenvalue weighted by Crippen LogP contribution is -2.44. The van der Waals surface area contributed by atoms with Gasteiger partial charge in [-0.15, -0.1) is 0 Å². The molecule has 2 aromatic heterocycles. The molecule has 1 amide bonds. The number of ether oxygens (including phenoxy) is 2. The Morgan fingerprint density at radius 1 is 0.983 bits per heavy atom. The van der Waals surface area contributed by atoms with Crippen molar-refractivity contribution < 1.29 is 33.0 Å². The van der Waals surface area contributed by atoms with Gasteiger partial charge in [0.15, 0.2) is 12.2 Å². The summed E-state index contributed by atoms with van der Waals surface area (Å²) < 4.78 is 32.7. The molecule has 0 radical (unpaired) electrons. The molecule has 0 saturated carbocycles. The molecule has 0 fully saturated rings. The summed E-state index contributed by atoms with van der Waals surface area (Å²) in [6, 6.07) is 24.5. The fraction of sp³-hybridized carbons (Fsp3) is 0.239. The maximum absolute atomic E-state index is 13.8. The van der Waals surface area contributed by atoms with Crippen molar-refractivity contribution in [2.45, 2.75) is 51.9 Å². The zero-order chi connectivity index (χ0) is 41.0. The van der Waals surface area contributed by atoms with Crippen LogP contribution in [0.3, 0.4) is 0 Å². The third-order valence-corrected chi connectivity index (χ3v) is 11.4. The van der Waals surface area contributed by atoms with Crippen LogP contribution in [0.15, 0.2) is 94.1 Å². The van der Waals surface area contributed by atoms with Crippen LogP contribution in [0.4, 0.5) is 10.1 Å². The van der Waals surface area contributed by atoms with E-state index in [9.17, 15) is 23.9 Å². The summed E-state index contributed by atoms with van der Waals surface area (Å²) in [5, 5.41) is 27.7. The van der Waals surface area contributed by atoms with Crippen LogP contribution in [0, 0.1) is 11.2 Å². The molecule has 0 bridgehead atoms. The fourth-order valence-corrected chi connectivity index (χ4v) is 8.31. The molecule has 9 rings (SSSR count). The number of esters is 1. The van der Waals surface area contributed by atoms with E-state index < -0.39 is 11.6 Å². The van der Waals surface area contributed by atoms with Crippen molar-refractivity contribution >= 4 is 39.4 Å². The van der Waals surface area contributed by atoms with Crippen molar-refractivity contribution in [1.29, 1.82) is 5.41 Å². The molecule has 1 atom stereocenters. The highest BCUT2D eigenvalue weighted by atomic mass is 19.1. The van der Waals surface area contributed by atoms with Crippen LogP contribution in [0.1, 0.15) is 48.9 Å². The van der Waals surface area contributed by atoms with E-state index in [0.29, 0.717) is 71.8 Å². The van der Waals surface area contributed by atoms with Crippen molar-refractivity contribution in [2.24, 2.45) is 0 Å². The van der Waals surface area contributed by atoms with Crippen LogP contribution in [0.5, 0.6) is 5.75 Å². The number of carbonyl (C=O) groups is 2. The summed E-state index contributed by atoms with van der Waals surface area (Å²) in [5.74, 6) is -0.273. The van der Waals surface area contributed by atoms with Gasteiger partial charge in [-0.05, 0) is 91.1 Å². The van der Waals surface area contributed by atoms with Gasteiger partial charge in [-0.2, -0.15) is 0 Å². The normalized spacial score (nSPS) is 15.5. The molecule has 5 aromatic rings. The molecule has 4 N–H and O–H groups in total. The quantitative estimate of drug-likeness (QED) is 0.0627. The molecule has 0 saturated heterocycles. The highest BCUT2D eigenvalue weighted by Gasteiger charge is 2.45. The predicted octanol–water partition coefficient (Wildman–Crippen LogP) is 6.78. The Labute approximate surface area is 337 Å². The summed E-state index contributed by atoms with van der Waals surface area (Å²) in [4.78, 5) is 43.9. The van der Waals surface area contributed by atoms with E-state index in [1.807, 2.05) is 43.3 Å². The van der Waals surface area contributed by atoms with Crippen molar-refractivity contribution in [1.82, 2.24) is 14.9 Å². The Bertz CT molecular complexity index is 2940. The largest absolute Gasteiger partial charge is 0.484 e. The minimum atomic E-state index is -1.90. The molecule has 3 aliphatic heterocycles. The number of cyclic esters (lactones) is 1. The second-order valence-corrected chi connectivity index (χ2v) is 14.9. The smallest absolute Gasteiger partial charge is 0.343 e. The van der Waals surface area contributed by atoms with Crippen molar-refractivity contribution in [3.8, 4) is 39.6 Å². The predicted molar refractivity (Wildman–Crippen MR) is 220 cm³/mol. The molecular weight excluding hydrogens is 754 g/mol. The molecule has 59 heavy (non-hydrogen) atoms. The number of carbonyl (C=O) groups excluding carboxylic acids is 2. The van der Waals surface area contributed by atoms with Crippen LogP contribution in [-0.2, 0) is 39.5 Å². The lowest BCUT2D eigenvalue weighted by molar-refractivity contribution is -0.172. The summed E-state index contributed by atoms with van der Waals surface area (Å²) in [6.45, 7) is 4.63. The first-order valence-corrected chi connectivity index (χ1v) is 19.6. The second-order valence-electron chi connectivity index (χ2n) is 14.9. The Hall–Kier alpha value is -6.86. The topological polar surface area (TPSA) is 169 Å². The van der Waals surface area contributed by atoms with E-state index >= 15 is 0 Å². The van der Waals surface area contributed by atoms with Crippen LogP contribution in [0.2, 0.25) is 0 Å². The van der Waals surface area contributed by atoms with E-state index in [0.717, 1.165) is 44.3 Å². The average Bonchev–Trinajstić information content (AvgIpc) is 3.61. The molecule has 298 valence electrons. The zero-order valence-electron chi connectivity index (χ0n) is 32.4. The monoisotopic (exact) mass is 793 g/mol. The van der Waals surface area contributed by atoms with Gasteiger partial charge >= 0.3 is 5.97 Å². The number of aryl methyl sites for hydroxylation is 1. The van der Waals surface area contributed by atoms with Crippen LogP contribution >= 0.6 is 0 Å². The van der Waals surface area contributed by atoms with E-state index in [1.165, 1.54) is 12.1 Å². The summed E-state index contributed by atoms with van der Waals surface area (Å²) in [5.41, 5.74) is 6.13. The minimum absolute atomic E-state index is 0.0679. The van der Waals surface area contributed by atoms with Gasteiger partial charge in [0.05, 0.1) is 34.4 Å². The molecule has 0 unspecified atom stereocenters. The number of hydrogen-bond donors (Lipinski definition) is 4. The van der Waals surface area contributed by atoms with Gasteiger partial charge in [-0.1, -0.05) is 26.0 Å². The fourth-order valence-electron chi connectivity index (χ4n) is 8.31. The van der Waals surface area contributed by atoms with Crippen molar-refractivity contribution in [3.63, 3.8) is 0 Å². The third kappa shape index (κ3) is 6.57. The number of aliphatic hydroxyl groups is 1. The van der Waals surface area contributed by atoms with Crippen LogP contribution < -0.4 is 26.3 Å². The summed E-state index contributed by atoms with van der Waals surface area (Å²) in [7, 11) is 0. The second kappa shape index (κ2) is 14.8. The number of fused-ring (bicyclic) bond motifs is 7. The van der Waals surface area contributed by atoms with E-state index in [1.54, 1.807) is 47.9 Å². The average molecular weight is 794 g/mol. The van der Waals surface area contributed by atoms with Crippen LogP contribution in [0.25, 0.3) is 55.7 Å². The number of rotatable bonds is 11. The standard InChI is InChI=1S/C46H40FN5O7/c1-3-30-33-20-29(12-15-37(33)51-43-34(30)22-52-38(43)21-36-35(44(52)54)23-58-45(55)46(36,56)4-2)57-24-41(53)50-17-5-16-49-28-11-14-32-40(19-28)59-39-18-27(48)10-13-31(39)42(32)25-6-8-26(47)9-7-25/h6-15,18-21,48-49,56H,3-5,16-17,22-24H2,1-2H3,(H,50,53)/t46-/m0/s1. The number of pyridine rings is 2. The first-order chi connectivity index (χ1) is 28.6. The maximum Gasteiger partial charge on any atom is 0.343 e. The molecule has 5 heterocycles. The highest BCUT2D eigenvalue weighted by Crippen LogP contribution is 2.42. The van der Waals surface area contributed by atoms with Crippen molar-refractivity contribution in [2.75, 3.05) is 25.0 Å². The molecular formula is C46H40FN5O7. The Balaban J connectivity index is 0.840. The first-order valence-electron chi connectivity index (χ1n) is 19.6. The van der Waals surface area contributed by atoms with Crippen LogP contribution in [-0.4, -0.2) is 46.2 Å². The lowest BCUT2D eigenvalue weighted by Gasteiger charge is -2.31. The number of amides is 1. The SMILES string of the molecule is CCc1c2c(nc3ccc(OCC(=O)NCCCNc4ccc5c(-c6ccc(F)cc6)c6ccc(=N)cc-6oc5c4)cc13)-c1cc3c(c(=O)n1C2)COC(=O)[C@]3(O)CC. The van der Waals surface area contributed by atoms with E-state index in [-0.39, 0.29) is 48.0 Å². The molecule has 12 nitrogen and oxygen atoms in total. The third-order valence-electron chi connectivity index (χ3n) is 11.4. The maximum atomic E-state index is 13.8. The molecule has 4 aliphatic rings. The first kappa shape index (κ1) is 37.7. The minimum Gasteiger partial charge on any atom is -0.484 e. The van der Waals surface area contributed by atoms with E-state index in [4.69, 9.17) is 24.3 Å². The molecule has 1 aliphatic carbocycles. The van der Waals surface area contributed by atoms with Gasteiger partial charge in [0.1, 0.15) is 29.5 Å². The van der Waals surface area contributed by atoms with Crippen molar-refractivity contribution in [3.05, 3.63) is 129 Å². The lowest BCUT2D eigenvalue weighted by atomic mass is 9.86. The number of nitrogens with one attached hydrogen (secondary N) is 3. The zero-order valence-corrected chi connectivity index (χ0v) is 32.4. The molecule has 3 aromatic carbocycles. The van der Waals surface area contributed by atoms with Gasteiger partial charge in [0.2, 0.25) is 0 Å². The number of nitrogens with zero attached hydrogens (tertiary/aromatic N) is 2. The van der Waals surface area contributed by atoms with Gasteiger partial charge in [-0.25, -0.2) is 14.2 Å².